The Morgan fingerprint density at radius 2 is 1.65 bits per heavy atom. The zero-order chi connectivity index (χ0) is 18.5. The number of esters is 1. The van der Waals surface area contributed by atoms with Gasteiger partial charge in [0.25, 0.3) is 0 Å². The maximum absolute atomic E-state index is 11.9. The van der Waals surface area contributed by atoms with Crippen LogP contribution in [0.15, 0.2) is 54.6 Å². The molecule has 2 rings (SSSR count). The van der Waals surface area contributed by atoms with Gasteiger partial charge < -0.3 is 19.9 Å². The minimum Gasteiger partial charge on any atom is -0.494 e. The monoisotopic (exact) mass is 357 g/mol. The summed E-state index contributed by atoms with van der Waals surface area (Å²) in [5.74, 6) is 0.554. The molecule has 5 heteroatoms. The summed E-state index contributed by atoms with van der Waals surface area (Å²) in [5.41, 5.74) is 1.89. The maximum Gasteiger partial charge on any atom is 0.310 e. The van der Waals surface area contributed by atoms with Gasteiger partial charge in [-0.05, 0) is 49.2 Å². The second-order valence-corrected chi connectivity index (χ2v) is 6.00. The molecule has 26 heavy (non-hydrogen) atoms. The van der Waals surface area contributed by atoms with Gasteiger partial charge in [0.15, 0.2) is 0 Å². The lowest BCUT2D eigenvalue weighted by Gasteiger charge is -2.08. The topological polar surface area (TPSA) is 67.8 Å². The first-order valence-corrected chi connectivity index (χ1v) is 9.01. The minimum atomic E-state index is -0.239. The van der Waals surface area contributed by atoms with E-state index >= 15 is 0 Å². The second-order valence-electron chi connectivity index (χ2n) is 6.00. The number of aliphatic hydroxyl groups is 1. The van der Waals surface area contributed by atoms with Crippen LogP contribution in [-0.2, 0) is 22.6 Å². The van der Waals surface area contributed by atoms with Crippen molar-refractivity contribution in [1.82, 2.24) is 5.32 Å². The Morgan fingerprint density at radius 3 is 2.38 bits per heavy atom. The van der Waals surface area contributed by atoms with Crippen molar-refractivity contribution in [2.75, 3.05) is 26.3 Å². The number of hydrogen-bond donors (Lipinski definition) is 2. The molecular formula is C21H27NO4. The van der Waals surface area contributed by atoms with Gasteiger partial charge in [0.2, 0.25) is 0 Å². The molecule has 0 amide bonds. The van der Waals surface area contributed by atoms with Gasteiger partial charge in [-0.2, -0.15) is 0 Å². The zero-order valence-corrected chi connectivity index (χ0v) is 15.0. The Morgan fingerprint density at radius 1 is 0.923 bits per heavy atom. The highest BCUT2D eigenvalue weighted by Crippen LogP contribution is 2.13. The number of aliphatic hydroxyl groups excluding tert-OH is 1. The summed E-state index contributed by atoms with van der Waals surface area (Å²) in [6, 6.07) is 17.2. The van der Waals surface area contributed by atoms with Crippen molar-refractivity contribution >= 4 is 5.97 Å². The van der Waals surface area contributed by atoms with E-state index in [1.54, 1.807) is 0 Å². The SMILES string of the molecule is O=C(Cc1ccc(OCCCNCCCO)cc1)OCc1ccccc1. The van der Waals surface area contributed by atoms with Crippen LogP contribution in [0.2, 0.25) is 0 Å². The molecule has 5 nitrogen and oxygen atoms in total. The molecular weight excluding hydrogens is 330 g/mol. The maximum atomic E-state index is 11.9. The Hall–Kier alpha value is -2.37. The van der Waals surface area contributed by atoms with Crippen LogP contribution in [0.5, 0.6) is 5.75 Å². The molecule has 2 N–H and O–H groups in total. The van der Waals surface area contributed by atoms with Crippen LogP contribution in [0.3, 0.4) is 0 Å². The van der Waals surface area contributed by atoms with Gasteiger partial charge in [0, 0.05) is 6.61 Å². The largest absolute Gasteiger partial charge is 0.494 e. The molecule has 140 valence electrons. The first-order valence-electron chi connectivity index (χ1n) is 9.01. The molecule has 0 aliphatic carbocycles. The summed E-state index contributed by atoms with van der Waals surface area (Å²) in [7, 11) is 0. The second kappa shape index (κ2) is 12.1. The number of hydrogen-bond acceptors (Lipinski definition) is 5. The summed E-state index contributed by atoms with van der Waals surface area (Å²) >= 11 is 0. The fourth-order valence-corrected chi connectivity index (χ4v) is 2.38. The zero-order valence-electron chi connectivity index (χ0n) is 15.0. The number of carbonyl (C=O) groups excluding carboxylic acids is 1. The minimum absolute atomic E-state index is 0.218. The van der Waals surface area contributed by atoms with E-state index in [4.69, 9.17) is 14.6 Å². The van der Waals surface area contributed by atoms with Gasteiger partial charge >= 0.3 is 5.97 Å². The molecule has 2 aromatic rings. The average Bonchev–Trinajstić information content (AvgIpc) is 2.68. The van der Waals surface area contributed by atoms with Gasteiger partial charge in [0.1, 0.15) is 12.4 Å². The van der Waals surface area contributed by atoms with Crippen molar-refractivity contribution < 1.29 is 19.4 Å². The summed E-state index contributed by atoms with van der Waals surface area (Å²) in [5, 5.41) is 11.9. The van der Waals surface area contributed by atoms with E-state index in [-0.39, 0.29) is 19.0 Å². The number of ether oxygens (including phenoxy) is 2. The number of nitrogens with one attached hydrogen (secondary N) is 1. The molecule has 0 heterocycles. The quantitative estimate of drug-likeness (QED) is 0.452. The highest BCUT2D eigenvalue weighted by atomic mass is 16.5. The predicted molar refractivity (Wildman–Crippen MR) is 101 cm³/mol. The van der Waals surface area contributed by atoms with Gasteiger partial charge in [-0.15, -0.1) is 0 Å². The molecule has 0 aromatic heterocycles. The van der Waals surface area contributed by atoms with Crippen LogP contribution >= 0.6 is 0 Å². The van der Waals surface area contributed by atoms with Gasteiger partial charge in [-0.25, -0.2) is 0 Å². The predicted octanol–water partition coefficient (Wildman–Crippen LogP) is 2.71. The van der Waals surface area contributed by atoms with Crippen molar-refractivity contribution in [3.63, 3.8) is 0 Å². The van der Waals surface area contributed by atoms with Crippen LogP contribution in [0.25, 0.3) is 0 Å². The number of benzene rings is 2. The lowest BCUT2D eigenvalue weighted by atomic mass is 10.1. The van der Waals surface area contributed by atoms with Crippen molar-refractivity contribution in [2.24, 2.45) is 0 Å². The first kappa shape index (κ1) is 19.9. The first-order chi connectivity index (χ1) is 12.8. The fourth-order valence-electron chi connectivity index (χ4n) is 2.38. The molecule has 0 fully saturated rings. The van der Waals surface area contributed by atoms with Crippen molar-refractivity contribution in [3.05, 3.63) is 65.7 Å². The average molecular weight is 357 g/mol. The number of rotatable bonds is 12. The van der Waals surface area contributed by atoms with Crippen LogP contribution in [-0.4, -0.2) is 37.4 Å². The summed E-state index contributed by atoms with van der Waals surface area (Å²) in [6.07, 6.45) is 1.93. The van der Waals surface area contributed by atoms with Crippen LogP contribution in [0, 0.1) is 0 Å². The lowest BCUT2D eigenvalue weighted by molar-refractivity contribution is -0.144. The smallest absolute Gasteiger partial charge is 0.310 e. The molecule has 0 unspecified atom stereocenters. The third kappa shape index (κ3) is 8.14. The van der Waals surface area contributed by atoms with E-state index < -0.39 is 0 Å². The van der Waals surface area contributed by atoms with Crippen molar-refractivity contribution in [3.8, 4) is 5.75 Å². The van der Waals surface area contributed by atoms with E-state index in [1.807, 2.05) is 54.6 Å². The molecule has 0 spiro atoms. The van der Waals surface area contributed by atoms with E-state index in [2.05, 4.69) is 5.32 Å². The highest BCUT2D eigenvalue weighted by molar-refractivity contribution is 5.72. The summed E-state index contributed by atoms with van der Waals surface area (Å²) in [6.45, 7) is 2.84. The van der Waals surface area contributed by atoms with E-state index in [9.17, 15) is 4.79 Å². The molecule has 0 saturated carbocycles. The lowest BCUT2D eigenvalue weighted by Crippen LogP contribution is -2.19. The standard InChI is InChI=1S/C21H27NO4/c23-14-4-12-22-13-5-15-25-20-10-8-18(9-11-20)16-21(24)26-17-19-6-2-1-3-7-19/h1-3,6-11,22-23H,4-5,12-17H2. The van der Waals surface area contributed by atoms with Crippen LogP contribution in [0.1, 0.15) is 24.0 Å². The molecule has 0 aliphatic rings. The molecule has 0 radical (unpaired) electrons. The Labute approximate surface area is 155 Å². The number of carbonyl (C=O) groups is 1. The molecule has 0 aliphatic heterocycles. The van der Waals surface area contributed by atoms with Crippen molar-refractivity contribution in [2.45, 2.75) is 25.9 Å². The molecule has 0 bridgehead atoms. The fraction of sp³-hybridized carbons (Fsp3) is 0.381. The van der Waals surface area contributed by atoms with E-state index in [0.29, 0.717) is 13.2 Å². The summed E-state index contributed by atoms with van der Waals surface area (Å²) in [4.78, 5) is 11.9. The molecule has 0 saturated heterocycles. The highest BCUT2D eigenvalue weighted by Gasteiger charge is 2.05. The summed E-state index contributed by atoms with van der Waals surface area (Å²) < 4.78 is 11.0. The van der Waals surface area contributed by atoms with Crippen molar-refractivity contribution in [1.29, 1.82) is 0 Å². The molecule has 0 atom stereocenters. The Kier molecular flexibility index (Phi) is 9.25. The third-order valence-electron chi connectivity index (χ3n) is 3.79. The van der Waals surface area contributed by atoms with Gasteiger partial charge in [-0.3, -0.25) is 4.79 Å². The Balaban J connectivity index is 1.63. The van der Waals surface area contributed by atoms with Gasteiger partial charge in [-0.1, -0.05) is 42.5 Å². The Bertz CT molecular complexity index is 628. The van der Waals surface area contributed by atoms with Crippen LogP contribution < -0.4 is 10.1 Å². The van der Waals surface area contributed by atoms with E-state index in [1.165, 1.54) is 0 Å². The normalized spacial score (nSPS) is 10.5. The van der Waals surface area contributed by atoms with Gasteiger partial charge in [0.05, 0.1) is 13.0 Å². The van der Waals surface area contributed by atoms with Crippen LogP contribution in [0.4, 0.5) is 0 Å². The van der Waals surface area contributed by atoms with E-state index in [0.717, 1.165) is 42.8 Å². The third-order valence-corrected chi connectivity index (χ3v) is 3.79. The molecule has 2 aromatic carbocycles.